The first-order chi connectivity index (χ1) is 12.5. The lowest BCUT2D eigenvalue weighted by Gasteiger charge is -2.10. The molecule has 2 amide bonds. The fourth-order valence-electron chi connectivity index (χ4n) is 2.81. The summed E-state index contributed by atoms with van der Waals surface area (Å²) in [6, 6.07) is 5.33. The zero-order valence-corrected chi connectivity index (χ0v) is 14.8. The third-order valence-corrected chi connectivity index (χ3v) is 4.12. The van der Waals surface area contributed by atoms with E-state index in [1.165, 1.54) is 13.3 Å². The second kappa shape index (κ2) is 8.01. The molecule has 0 spiro atoms. The van der Waals surface area contributed by atoms with Gasteiger partial charge in [-0.1, -0.05) is 6.07 Å². The number of hydrogen-bond donors (Lipinski definition) is 2. The minimum atomic E-state index is -0.777. The number of carbonyl (C=O) groups is 2. The number of hydrogen-bond acceptors (Lipinski definition) is 5. The molecule has 3 rings (SSSR count). The van der Waals surface area contributed by atoms with Gasteiger partial charge in [0.05, 0.1) is 37.3 Å². The van der Waals surface area contributed by atoms with Crippen molar-refractivity contribution in [3.63, 3.8) is 0 Å². The Balaban J connectivity index is 1.58. The number of rotatable bonds is 5. The second-order valence-corrected chi connectivity index (χ2v) is 6.20. The van der Waals surface area contributed by atoms with Crippen molar-refractivity contribution in [1.82, 2.24) is 9.78 Å². The van der Waals surface area contributed by atoms with E-state index < -0.39 is 11.8 Å². The molecule has 1 aromatic heterocycles. The Morgan fingerprint density at radius 3 is 2.88 bits per heavy atom. The van der Waals surface area contributed by atoms with E-state index >= 15 is 0 Å². The Labute approximate surface area is 151 Å². The third kappa shape index (κ3) is 4.40. The van der Waals surface area contributed by atoms with Crippen molar-refractivity contribution in [2.24, 2.45) is 0 Å². The molecule has 1 saturated heterocycles. The number of aromatic nitrogens is 2. The minimum absolute atomic E-state index is 0.149. The monoisotopic (exact) mass is 358 g/mol. The summed E-state index contributed by atoms with van der Waals surface area (Å²) in [5.41, 5.74) is 1.85. The lowest BCUT2D eigenvalue weighted by atomic mass is 10.2. The molecule has 0 aliphatic carbocycles. The maximum atomic E-state index is 12.2. The molecule has 26 heavy (non-hydrogen) atoms. The molecular weight excluding hydrogens is 336 g/mol. The number of methoxy groups -OCH3 is 1. The van der Waals surface area contributed by atoms with Gasteiger partial charge in [-0.25, -0.2) is 0 Å². The van der Waals surface area contributed by atoms with E-state index in [1.54, 1.807) is 23.0 Å². The highest BCUT2D eigenvalue weighted by Crippen LogP contribution is 2.25. The first-order valence-electron chi connectivity index (χ1n) is 8.46. The van der Waals surface area contributed by atoms with Crippen molar-refractivity contribution in [1.29, 1.82) is 0 Å². The maximum absolute atomic E-state index is 12.2. The fourth-order valence-corrected chi connectivity index (χ4v) is 2.81. The molecule has 1 atom stereocenters. The number of amides is 2. The number of carbonyl (C=O) groups excluding carboxylic acids is 2. The second-order valence-electron chi connectivity index (χ2n) is 6.20. The first kappa shape index (κ1) is 17.9. The standard InChI is InChI=1S/C18H22N4O4/c1-12-5-6-16(25-2)15(8-12)21-18(24)17(23)20-13-9-19-22(10-13)11-14-4-3-7-26-14/h5-6,8-10,14H,3-4,7,11H2,1-2H3,(H,20,23)(H,21,24). The van der Waals surface area contributed by atoms with Gasteiger partial charge < -0.3 is 20.1 Å². The van der Waals surface area contributed by atoms with Crippen LogP contribution in [0.25, 0.3) is 0 Å². The van der Waals surface area contributed by atoms with Gasteiger partial charge in [-0.05, 0) is 37.5 Å². The van der Waals surface area contributed by atoms with Crippen LogP contribution >= 0.6 is 0 Å². The third-order valence-electron chi connectivity index (χ3n) is 4.12. The summed E-state index contributed by atoms with van der Waals surface area (Å²) in [6.07, 6.45) is 5.39. The Hall–Kier alpha value is -2.87. The van der Waals surface area contributed by atoms with Crippen LogP contribution in [0.15, 0.2) is 30.6 Å². The predicted octanol–water partition coefficient (Wildman–Crippen LogP) is 1.96. The molecule has 1 unspecified atom stereocenters. The summed E-state index contributed by atoms with van der Waals surface area (Å²) in [5.74, 6) is -1.06. The number of aryl methyl sites for hydroxylation is 1. The van der Waals surface area contributed by atoms with E-state index in [0.717, 1.165) is 25.0 Å². The number of benzene rings is 1. The average molecular weight is 358 g/mol. The topological polar surface area (TPSA) is 94.5 Å². The molecule has 2 heterocycles. The van der Waals surface area contributed by atoms with Crippen LogP contribution in [0.4, 0.5) is 11.4 Å². The number of nitrogens with one attached hydrogen (secondary N) is 2. The van der Waals surface area contributed by atoms with Crippen LogP contribution in [0, 0.1) is 6.92 Å². The van der Waals surface area contributed by atoms with E-state index in [2.05, 4.69) is 15.7 Å². The molecule has 1 fully saturated rings. The van der Waals surface area contributed by atoms with Crippen LogP contribution in [0.5, 0.6) is 5.75 Å². The fraction of sp³-hybridized carbons (Fsp3) is 0.389. The van der Waals surface area contributed by atoms with E-state index in [-0.39, 0.29) is 6.10 Å². The van der Waals surface area contributed by atoms with Crippen molar-refractivity contribution < 1.29 is 19.1 Å². The van der Waals surface area contributed by atoms with Crippen LogP contribution in [-0.4, -0.2) is 41.4 Å². The summed E-state index contributed by atoms with van der Waals surface area (Å²) in [7, 11) is 1.50. The molecule has 2 N–H and O–H groups in total. The summed E-state index contributed by atoms with van der Waals surface area (Å²) in [4.78, 5) is 24.3. The highest BCUT2D eigenvalue weighted by atomic mass is 16.5. The Morgan fingerprint density at radius 1 is 1.35 bits per heavy atom. The summed E-state index contributed by atoms with van der Waals surface area (Å²) >= 11 is 0. The van der Waals surface area contributed by atoms with E-state index in [4.69, 9.17) is 9.47 Å². The summed E-state index contributed by atoms with van der Waals surface area (Å²) < 4.78 is 12.5. The molecule has 0 saturated carbocycles. The van der Waals surface area contributed by atoms with Gasteiger partial charge in [-0.3, -0.25) is 14.3 Å². The average Bonchev–Trinajstić information content (AvgIpc) is 3.27. The zero-order chi connectivity index (χ0) is 18.5. The number of nitrogens with zero attached hydrogens (tertiary/aromatic N) is 2. The van der Waals surface area contributed by atoms with Gasteiger partial charge >= 0.3 is 11.8 Å². The van der Waals surface area contributed by atoms with Crippen molar-refractivity contribution >= 4 is 23.2 Å². The molecule has 0 bridgehead atoms. The van der Waals surface area contributed by atoms with Crippen LogP contribution in [0.2, 0.25) is 0 Å². The Kier molecular flexibility index (Phi) is 5.52. The summed E-state index contributed by atoms with van der Waals surface area (Å²) in [5, 5.41) is 9.29. The molecule has 138 valence electrons. The molecule has 8 nitrogen and oxygen atoms in total. The normalized spacial score (nSPS) is 16.3. The van der Waals surface area contributed by atoms with Gasteiger partial charge in [0.25, 0.3) is 0 Å². The molecule has 1 aliphatic heterocycles. The van der Waals surface area contributed by atoms with E-state index in [1.807, 2.05) is 13.0 Å². The molecule has 0 radical (unpaired) electrons. The van der Waals surface area contributed by atoms with Crippen molar-refractivity contribution in [3.8, 4) is 5.75 Å². The number of anilines is 2. The quantitative estimate of drug-likeness (QED) is 0.797. The molecule has 2 aromatic rings. The Morgan fingerprint density at radius 2 is 2.15 bits per heavy atom. The molecule has 8 heteroatoms. The predicted molar refractivity (Wildman–Crippen MR) is 96.2 cm³/mol. The number of ether oxygens (including phenoxy) is 2. The largest absolute Gasteiger partial charge is 0.495 e. The first-order valence-corrected chi connectivity index (χ1v) is 8.46. The van der Waals surface area contributed by atoms with Crippen LogP contribution < -0.4 is 15.4 Å². The smallest absolute Gasteiger partial charge is 0.314 e. The maximum Gasteiger partial charge on any atom is 0.314 e. The molecule has 1 aliphatic rings. The van der Waals surface area contributed by atoms with Crippen LogP contribution in [0.3, 0.4) is 0 Å². The van der Waals surface area contributed by atoms with Crippen molar-refractivity contribution in [2.45, 2.75) is 32.4 Å². The van der Waals surface area contributed by atoms with Gasteiger partial charge in [0.15, 0.2) is 0 Å². The van der Waals surface area contributed by atoms with Gasteiger partial charge in [0, 0.05) is 12.8 Å². The van der Waals surface area contributed by atoms with Crippen LogP contribution in [0.1, 0.15) is 18.4 Å². The van der Waals surface area contributed by atoms with Gasteiger partial charge in [0.1, 0.15) is 5.75 Å². The van der Waals surface area contributed by atoms with E-state index in [9.17, 15) is 9.59 Å². The van der Waals surface area contributed by atoms with Crippen molar-refractivity contribution in [3.05, 3.63) is 36.2 Å². The van der Waals surface area contributed by atoms with Gasteiger partial charge in [0.2, 0.25) is 0 Å². The SMILES string of the molecule is COc1ccc(C)cc1NC(=O)C(=O)Nc1cnn(CC2CCCO2)c1. The van der Waals surface area contributed by atoms with Crippen LogP contribution in [-0.2, 0) is 20.9 Å². The van der Waals surface area contributed by atoms with E-state index in [0.29, 0.717) is 23.7 Å². The Bertz CT molecular complexity index is 796. The minimum Gasteiger partial charge on any atom is -0.495 e. The van der Waals surface area contributed by atoms with Crippen molar-refractivity contribution in [2.75, 3.05) is 24.4 Å². The van der Waals surface area contributed by atoms with Gasteiger partial charge in [-0.2, -0.15) is 5.10 Å². The highest BCUT2D eigenvalue weighted by Gasteiger charge is 2.19. The zero-order valence-electron chi connectivity index (χ0n) is 14.8. The molecule has 1 aromatic carbocycles. The highest BCUT2D eigenvalue weighted by molar-refractivity contribution is 6.43. The lowest BCUT2D eigenvalue weighted by Crippen LogP contribution is -2.29. The summed E-state index contributed by atoms with van der Waals surface area (Å²) in [6.45, 7) is 3.29. The van der Waals surface area contributed by atoms with Gasteiger partial charge in [-0.15, -0.1) is 0 Å². The lowest BCUT2D eigenvalue weighted by molar-refractivity contribution is -0.133. The molecular formula is C18H22N4O4.